The van der Waals surface area contributed by atoms with E-state index < -0.39 is 5.97 Å². The Hall–Kier alpha value is -1.81. The standard InChI is InChI=1S/C11H8ClNO3/c1-15-11(14)9-8(12)10(16-13-9)7-5-3-2-4-6-7/h2-6H,1H3. The third-order valence-corrected chi connectivity index (χ3v) is 2.40. The molecule has 5 heteroatoms. The van der Waals surface area contributed by atoms with E-state index in [9.17, 15) is 4.79 Å². The molecule has 1 aromatic heterocycles. The summed E-state index contributed by atoms with van der Waals surface area (Å²) in [7, 11) is 1.26. The third kappa shape index (κ3) is 1.79. The van der Waals surface area contributed by atoms with E-state index in [0.29, 0.717) is 5.76 Å². The fourth-order valence-electron chi connectivity index (χ4n) is 1.27. The largest absolute Gasteiger partial charge is 0.464 e. The van der Waals surface area contributed by atoms with E-state index in [1.165, 1.54) is 7.11 Å². The number of nitrogens with zero attached hydrogens (tertiary/aromatic N) is 1. The van der Waals surface area contributed by atoms with Crippen LogP contribution in [0.2, 0.25) is 5.02 Å². The van der Waals surface area contributed by atoms with E-state index in [1.54, 1.807) is 0 Å². The Kier molecular flexibility index (Phi) is 2.92. The highest BCUT2D eigenvalue weighted by Gasteiger charge is 2.21. The summed E-state index contributed by atoms with van der Waals surface area (Å²) in [5, 5.41) is 3.75. The summed E-state index contributed by atoms with van der Waals surface area (Å²) in [6.07, 6.45) is 0. The van der Waals surface area contributed by atoms with Gasteiger partial charge in [-0.3, -0.25) is 0 Å². The summed E-state index contributed by atoms with van der Waals surface area (Å²) in [6.45, 7) is 0. The number of carbonyl (C=O) groups excluding carboxylic acids is 1. The highest BCUT2D eigenvalue weighted by atomic mass is 35.5. The fraction of sp³-hybridized carbons (Fsp3) is 0.0909. The zero-order valence-corrected chi connectivity index (χ0v) is 9.19. The molecule has 82 valence electrons. The van der Waals surface area contributed by atoms with Crippen LogP contribution < -0.4 is 0 Å². The summed E-state index contributed by atoms with van der Waals surface area (Å²) in [4.78, 5) is 11.2. The van der Waals surface area contributed by atoms with E-state index in [4.69, 9.17) is 16.1 Å². The molecule has 0 aliphatic carbocycles. The van der Waals surface area contributed by atoms with E-state index in [1.807, 2.05) is 30.3 Å². The van der Waals surface area contributed by atoms with Crippen molar-refractivity contribution in [2.45, 2.75) is 0 Å². The molecule has 0 radical (unpaired) electrons. The number of benzene rings is 1. The Morgan fingerprint density at radius 2 is 2.06 bits per heavy atom. The summed E-state index contributed by atoms with van der Waals surface area (Å²) >= 11 is 5.98. The Morgan fingerprint density at radius 1 is 1.38 bits per heavy atom. The predicted octanol–water partition coefficient (Wildman–Crippen LogP) is 2.78. The van der Waals surface area contributed by atoms with Crippen molar-refractivity contribution in [3.05, 3.63) is 41.0 Å². The Labute approximate surface area is 96.8 Å². The van der Waals surface area contributed by atoms with Crippen LogP contribution in [0, 0.1) is 0 Å². The quantitative estimate of drug-likeness (QED) is 0.754. The number of rotatable bonds is 2. The van der Waals surface area contributed by atoms with E-state index in [2.05, 4.69) is 9.89 Å². The van der Waals surface area contributed by atoms with Gasteiger partial charge in [0.2, 0.25) is 5.69 Å². The van der Waals surface area contributed by atoms with E-state index in [0.717, 1.165) is 5.56 Å². The monoisotopic (exact) mass is 237 g/mol. The number of carbonyl (C=O) groups is 1. The Morgan fingerprint density at radius 3 is 2.69 bits per heavy atom. The van der Waals surface area contributed by atoms with Gasteiger partial charge in [0, 0.05) is 5.56 Å². The molecule has 2 rings (SSSR count). The minimum Gasteiger partial charge on any atom is -0.464 e. The van der Waals surface area contributed by atoms with Gasteiger partial charge in [-0.15, -0.1) is 0 Å². The average Bonchev–Trinajstić information content (AvgIpc) is 2.71. The fourth-order valence-corrected chi connectivity index (χ4v) is 1.53. The number of halogens is 1. The molecular formula is C11H8ClNO3. The Balaban J connectivity index is 2.45. The molecule has 1 heterocycles. The van der Waals surface area contributed by atoms with Gasteiger partial charge in [-0.25, -0.2) is 4.79 Å². The van der Waals surface area contributed by atoms with Crippen LogP contribution >= 0.6 is 11.6 Å². The van der Waals surface area contributed by atoms with Gasteiger partial charge in [-0.05, 0) is 0 Å². The van der Waals surface area contributed by atoms with Crippen LogP contribution in [0.25, 0.3) is 11.3 Å². The van der Waals surface area contributed by atoms with Crippen LogP contribution in [0.3, 0.4) is 0 Å². The van der Waals surface area contributed by atoms with Crippen molar-refractivity contribution >= 4 is 17.6 Å². The minimum atomic E-state index is -0.615. The van der Waals surface area contributed by atoms with Gasteiger partial charge in [-0.2, -0.15) is 0 Å². The third-order valence-electron chi connectivity index (χ3n) is 2.05. The average molecular weight is 238 g/mol. The second kappa shape index (κ2) is 4.37. The molecular weight excluding hydrogens is 230 g/mol. The van der Waals surface area contributed by atoms with Gasteiger partial charge < -0.3 is 9.26 Å². The maximum Gasteiger partial charge on any atom is 0.361 e. The lowest BCUT2D eigenvalue weighted by molar-refractivity contribution is 0.0589. The molecule has 0 unspecified atom stereocenters. The molecule has 0 saturated carbocycles. The number of hydrogen-bond acceptors (Lipinski definition) is 4. The first-order chi connectivity index (χ1) is 7.74. The minimum absolute atomic E-state index is 0.0111. The zero-order valence-electron chi connectivity index (χ0n) is 8.44. The highest BCUT2D eigenvalue weighted by molar-refractivity contribution is 6.35. The summed E-state index contributed by atoms with van der Waals surface area (Å²) in [5.74, 6) is -0.251. The van der Waals surface area contributed by atoms with E-state index >= 15 is 0 Å². The molecule has 0 amide bonds. The summed E-state index contributed by atoms with van der Waals surface area (Å²) in [5.41, 5.74) is 0.748. The normalized spacial score (nSPS) is 10.1. The topological polar surface area (TPSA) is 52.3 Å². The molecule has 0 N–H and O–H groups in total. The van der Waals surface area contributed by atoms with Crippen LogP contribution in [0.1, 0.15) is 10.5 Å². The number of hydrogen-bond donors (Lipinski definition) is 0. The van der Waals surface area contributed by atoms with Gasteiger partial charge in [0.15, 0.2) is 5.76 Å². The van der Waals surface area contributed by atoms with Crippen LogP contribution in [0.5, 0.6) is 0 Å². The second-order valence-corrected chi connectivity index (χ2v) is 3.41. The first-order valence-corrected chi connectivity index (χ1v) is 4.90. The molecule has 0 atom stereocenters. The molecule has 0 saturated heterocycles. The van der Waals surface area contributed by atoms with Crippen molar-refractivity contribution < 1.29 is 14.1 Å². The van der Waals surface area contributed by atoms with Crippen molar-refractivity contribution in [1.82, 2.24) is 5.16 Å². The molecule has 0 spiro atoms. The Bertz CT molecular complexity index is 507. The van der Waals surface area contributed by atoms with Gasteiger partial charge in [-0.1, -0.05) is 47.1 Å². The lowest BCUT2D eigenvalue weighted by Crippen LogP contribution is -2.01. The van der Waals surface area contributed by atoms with Gasteiger partial charge in [0.1, 0.15) is 5.02 Å². The van der Waals surface area contributed by atoms with Crippen molar-refractivity contribution in [2.75, 3.05) is 7.11 Å². The summed E-state index contributed by atoms with van der Waals surface area (Å²) in [6, 6.07) is 9.17. The molecule has 0 aliphatic rings. The lowest BCUT2D eigenvalue weighted by atomic mass is 10.1. The first kappa shape index (κ1) is 10.7. The van der Waals surface area contributed by atoms with Crippen LogP contribution in [0.4, 0.5) is 0 Å². The second-order valence-electron chi connectivity index (χ2n) is 3.03. The first-order valence-electron chi connectivity index (χ1n) is 4.53. The van der Waals surface area contributed by atoms with Crippen molar-refractivity contribution in [3.8, 4) is 11.3 Å². The van der Waals surface area contributed by atoms with Gasteiger partial charge in [0.05, 0.1) is 7.11 Å². The van der Waals surface area contributed by atoms with Gasteiger partial charge >= 0.3 is 5.97 Å². The van der Waals surface area contributed by atoms with E-state index in [-0.39, 0.29) is 10.7 Å². The number of ether oxygens (including phenoxy) is 1. The van der Waals surface area contributed by atoms with Crippen LogP contribution in [-0.2, 0) is 4.74 Å². The zero-order chi connectivity index (χ0) is 11.5. The lowest BCUT2D eigenvalue weighted by Gasteiger charge is -1.95. The highest BCUT2D eigenvalue weighted by Crippen LogP contribution is 2.30. The molecule has 16 heavy (non-hydrogen) atoms. The number of aromatic nitrogens is 1. The van der Waals surface area contributed by atoms with Crippen molar-refractivity contribution in [2.24, 2.45) is 0 Å². The van der Waals surface area contributed by atoms with Gasteiger partial charge in [0.25, 0.3) is 0 Å². The smallest absolute Gasteiger partial charge is 0.361 e. The number of esters is 1. The molecule has 0 fully saturated rings. The molecule has 4 nitrogen and oxygen atoms in total. The van der Waals surface area contributed by atoms with Crippen molar-refractivity contribution in [3.63, 3.8) is 0 Å². The molecule has 2 aromatic rings. The molecule has 1 aromatic carbocycles. The number of methoxy groups -OCH3 is 1. The predicted molar refractivity (Wildman–Crippen MR) is 58.3 cm³/mol. The van der Waals surface area contributed by atoms with Crippen molar-refractivity contribution in [1.29, 1.82) is 0 Å². The molecule has 0 bridgehead atoms. The maximum absolute atomic E-state index is 11.2. The summed E-state index contributed by atoms with van der Waals surface area (Å²) < 4.78 is 9.54. The maximum atomic E-state index is 11.2. The van der Waals surface area contributed by atoms with Crippen LogP contribution in [-0.4, -0.2) is 18.2 Å². The molecule has 0 aliphatic heterocycles. The SMILES string of the molecule is COC(=O)c1noc(-c2ccccc2)c1Cl. The van der Waals surface area contributed by atoms with Crippen LogP contribution in [0.15, 0.2) is 34.9 Å².